The van der Waals surface area contributed by atoms with Crippen molar-refractivity contribution in [3.05, 3.63) is 83.2 Å². The van der Waals surface area contributed by atoms with Crippen molar-refractivity contribution in [3.8, 4) is 22.6 Å². The topological polar surface area (TPSA) is 69.3 Å². The van der Waals surface area contributed by atoms with E-state index in [9.17, 15) is 0 Å². The molecule has 0 radical (unpaired) electrons. The molecule has 134 valence electrons. The Morgan fingerprint density at radius 2 is 1.89 bits per heavy atom. The number of halogens is 1. The van der Waals surface area contributed by atoms with Gasteiger partial charge in [0, 0.05) is 16.1 Å². The quantitative estimate of drug-likeness (QED) is 0.495. The lowest BCUT2D eigenvalue weighted by Gasteiger charge is -2.04. The standard InChI is InChI=1S/C21H17ClN4O/c1-14-5-7-15(8-6-14)19-13-24-21(23)26(19)25-12-18-9-10-20(27-18)16-3-2-4-17(22)11-16/h2-13H,1H3,(H2,23,24). The first-order valence-corrected chi connectivity index (χ1v) is 8.78. The number of aromatic nitrogens is 2. The van der Waals surface area contributed by atoms with Crippen LogP contribution >= 0.6 is 11.6 Å². The summed E-state index contributed by atoms with van der Waals surface area (Å²) in [4.78, 5) is 4.17. The predicted molar refractivity (Wildman–Crippen MR) is 109 cm³/mol. The van der Waals surface area contributed by atoms with Crippen molar-refractivity contribution in [2.24, 2.45) is 5.10 Å². The van der Waals surface area contributed by atoms with E-state index in [0.717, 1.165) is 22.6 Å². The molecule has 2 heterocycles. The summed E-state index contributed by atoms with van der Waals surface area (Å²) >= 11 is 6.04. The van der Waals surface area contributed by atoms with Crippen molar-refractivity contribution in [2.45, 2.75) is 6.92 Å². The molecule has 0 fully saturated rings. The smallest absolute Gasteiger partial charge is 0.221 e. The maximum Gasteiger partial charge on any atom is 0.221 e. The van der Waals surface area contributed by atoms with Crippen LogP contribution in [0, 0.1) is 6.92 Å². The van der Waals surface area contributed by atoms with Crippen LogP contribution in [0.15, 0.2) is 76.4 Å². The van der Waals surface area contributed by atoms with Crippen molar-refractivity contribution in [1.82, 2.24) is 9.66 Å². The third kappa shape index (κ3) is 3.64. The molecule has 0 saturated carbocycles. The number of nitrogen functional groups attached to an aromatic ring is 1. The van der Waals surface area contributed by atoms with Crippen molar-refractivity contribution < 1.29 is 4.42 Å². The van der Waals surface area contributed by atoms with Crippen LogP contribution in [-0.2, 0) is 0 Å². The number of imidazole rings is 1. The van der Waals surface area contributed by atoms with Gasteiger partial charge in [-0.1, -0.05) is 53.6 Å². The number of anilines is 1. The van der Waals surface area contributed by atoms with E-state index in [1.807, 2.05) is 67.6 Å². The molecule has 4 rings (SSSR count). The van der Waals surface area contributed by atoms with Crippen LogP contribution in [0.2, 0.25) is 5.02 Å². The highest BCUT2D eigenvalue weighted by atomic mass is 35.5. The summed E-state index contributed by atoms with van der Waals surface area (Å²) in [5, 5.41) is 5.10. The zero-order chi connectivity index (χ0) is 18.8. The van der Waals surface area contributed by atoms with E-state index >= 15 is 0 Å². The predicted octanol–water partition coefficient (Wildman–Crippen LogP) is 5.24. The molecule has 2 aromatic heterocycles. The number of nitrogens with zero attached hydrogens (tertiary/aromatic N) is 3. The lowest BCUT2D eigenvalue weighted by atomic mass is 10.1. The highest BCUT2D eigenvalue weighted by molar-refractivity contribution is 6.30. The molecule has 0 aliphatic rings. The van der Waals surface area contributed by atoms with Crippen molar-refractivity contribution in [3.63, 3.8) is 0 Å². The minimum atomic E-state index is 0.309. The van der Waals surface area contributed by atoms with Crippen LogP contribution < -0.4 is 5.73 Å². The van der Waals surface area contributed by atoms with Gasteiger partial charge in [-0.3, -0.25) is 0 Å². The summed E-state index contributed by atoms with van der Waals surface area (Å²) in [5.41, 5.74) is 9.87. The van der Waals surface area contributed by atoms with E-state index in [1.54, 1.807) is 17.1 Å². The molecule has 2 aromatic carbocycles. The Hall–Kier alpha value is -3.31. The fourth-order valence-electron chi connectivity index (χ4n) is 2.74. The molecule has 2 N–H and O–H groups in total. The van der Waals surface area contributed by atoms with E-state index < -0.39 is 0 Å². The average molecular weight is 377 g/mol. The number of furan rings is 1. The van der Waals surface area contributed by atoms with Gasteiger partial charge in [0.25, 0.3) is 0 Å². The molecule has 6 heteroatoms. The Bertz CT molecular complexity index is 1110. The van der Waals surface area contributed by atoms with Crippen LogP contribution in [0.4, 0.5) is 5.95 Å². The summed E-state index contributed by atoms with van der Waals surface area (Å²) in [6, 6.07) is 19.3. The van der Waals surface area contributed by atoms with Crippen LogP contribution in [0.25, 0.3) is 22.6 Å². The second kappa shape index (κ2) is 7.13. The number of nitrogens with two attached hydrogens (primary N) is 1. The molecular weight excluding hydrogens is 360 g/mol. The van der Waals surface area contributed by atoms with Gasteiger partial charge in [-0.2, -0.15) is 9.78 Å². The first-order chi connectivity index (χ1) is 13.1. The highest BCUT2D eigenvalue weighted by Gasteiger charge is 2.09. The van der Waals surface area contributed by atoms with Gasteiger partial charge >= 0.3 is 0 Å². The average Bonchev–Trinajstić information content (AvgIpc) is 3.28. The molecule has 0 aliphatic heterocycles. The van der Waals surface area contributed by atoms with Crippen molar-refractivity contribution in [2.75, 3.05) is 5.73 Å². The van der Waals surface area contributed by atoms with Gasteiger partial charge in [0.05, 0.1) is 18.1 Å². The van der Waals surface area contributed by atoms with Crippen LogP contribution in [-0.4, -0.2) is 15.9 Å². The molecule has 0 atom stereocenters. The molecule has 0 spiro atoms. The first kappa shape index (κ1) is 17.1. The summed E-state index contributed by atoms with van der Waals surface area (Å²) in [6.07, 6.45) is 3.32. The van der Waals surface area contributed by atoms with Crippen LogP contribution in [0.5, 0.6) is 0 Å². The molecule has 27 heavy (non-hydrogen) atoms. The molecule has 0 saturated heterocycles. The molecule has 0 unspecified atom stereocenters. The number of aryl methyl sites for hydroxylation is 1. The van der Waals surface area contributed by atoms with Crippen LogP contribution in [0.3, 0.4) is 0 Å². The summed E-state index contributed by atoms with van der Waals surface area (Å²) < 4.78 is 7.43. The Morgan fingerprint density at radius 1 is 1.07 bits per heavy atom. The minimum absolute atomic E-state index is 0.309. The number of rotatable bonds is 4. The molecule has 0 bridgehead atoms. The van der Waals surface area contributed by atoms with Gasteiger partial charge in [-0.05, 0) is 31.2 Å². The maximum atomic E-state index is 6.04. The Morgan fingerprint density at radius 3 is 2.67 bits per heavy atom. The van der Waals surface area contributed by atoms with Gasteiger partial charge in [0.1, 0.15) is 11.5 Å². The minimum Gasteiger partial charge on any atom is -0.455 e. The largest absolute Gasteiger partial charge is 0.455 e. The Balaban J connectivity index is 1.63. The zero-order valence-electron chi connectivity index (χ0n) is 14.6. The normalized spacial score (nSPS) is 11.3. The molecule has 0 aliphatic carbocycles. The van der Waals surface area contributed by atoms with E-state index in [-0.39, 0.29) is 0 Å². The SMILES string of the molecule is Cc1ccc(-c2cnc(N)n2N=Cc2ccc(-c3cccc(Cl)c3)o2)cc1. The van der Waals surface area contributed by atoms with E-state index in [4.69, 9.17) is 21.8 Å². The van der Waals surface area contributed by atoms with Gasteiger partial charge in [0.2, 0.25) is 5.95 Å². The zero-order valence-corrected chi connectivity index (χ0v) is 15.4. The molecule has 5 nitrogen and oxygen atoms in total. The first-order valence-electron chi connectivity index (χ1n) is 8.40. The van der Waals surface area contributed by atoms with E-state index in [0.29, 0.717) is 16.7 Å². The number of hydrogen-bond acceptors (Lipinski definition) is 4. The second-order valence-corrected chi connectivity index (χ2v) is 6.57. The fraction of sp³-hybridized carbons (Fsp3) is 0.0476. The molecule has 0 amide bonds. The Labute approximate surface area is 161 Å². The molecular formula is C21H17ClN4O. The summed E-state index contributed by atoms with van der Waals surface area (Å²) in [7, 11) is 0. The van der Waals surface area contributed by atoms with Crippen LogP contribution in [0.1, 0.15) is 11.3 Å². The van der Waals surface area contributed by atoms with Crippen molar-refractivity contribution in [1.29, 1.82) is 0 Å². The number of hydrogen-bond donors (Lipinski definition) is 1. The van der Waals surface area contributed by atoms with Gasteiger partial charge in [0.15, 0.2) is 0 Å². The number of benzene rings is 2. The maximum absolute atomic E-state index is 6.04. The third-order valence-electron chi connectivity index (χ3n) is 4.15. The van der Waals surface area contributed by atoms with E-state index in [2.05, 4.69) is 10.1 Å². The summed E-state index contributed by atoms with van der Waals surface area (Å²) in [6.45, 7) is 2.04. The van der Waals surface area contributed by atoms with Gasteiger partial charge in [-0.25, -0.2) is 4.98 Å². The lowest BCUT2D eigenvalue weighted by molar-refractivity contribution is 0.574. The van der Waals surface area contributed by atoms with Gasteiger partial charge in [-0.15, -0.1) is 0 Å². The van der Waals surface area contributed by atoms with E-state index in [1.165, 1.54) is 5.56 Å². The highest BCUT2D eigenvalue weighted by Crippen LogP contribution is 2.25. The summed E-state index contributed by atoms with van der Waals surface area (Å²) in [5.74, 6) is 1.63. The Kier molecular flexibility index (Phi) is 4.52. The van der Waals surface area contributed by atoms with Crippen molar-refractivity contribution >= 4 is 23.8 Å². The monoisotopic (exact) mass is 376 g/mol. The third-order valence-corrected chi connectivity index (χ3v) is 4.38. The molecule has 4 aromatic rings. The van der Waals surface area contributed by atoms with Gasteiger partial charge < -0.3 is 10.2 Å². The fourth-order valence-corrected chi connectivity index (χ4v) is 2.93. The lowest BCUT2D eigenvalue weighted by Crippen LogP contribution is -1.99. The second-order valence-electron chi connectivity index (χ2n) is 6.14.